The third kappa shape index (κ3) is 6.57. The number of nitrogens with one attached hydrogen (secondary N) is 1. The third-order valence-electron chi connectivity index (χ3n) is 2.93. The maximum atomic E-state index is 12.2. The Labute approximate surface area is 116 Å². The first-order chi connectivity index (χ1) is 8.62. The van der Waals surface area contributed by atoms with Crippen LogP contribution in [0.4, 0.5) is 0 Å². The van der Waals surface area contributed by atoms with Crippen LogP contribution < -0.4 is 11.1 Å². The summed E-state index contributed by atoms with van der Waals surface area (Å²) >= 11 is 0. The van der Waals surface area contributed by atoms with E-state index in [1.165, 1.54) is 7.11 Å². The van der Waals surface area contributed by atoms with Crippen LogP contribution in [0.25, 0.3) is 0 Å². The number of nitrogens with two attached hydrogens (primary N) is 1. The highest BCUT2D eigenvalue weighted by atomic mass is 16.5. The van der Waals surface area contributed by atoms with Crippen molar-refractivity contribution in [2.45, 2.75) is 47.1 Å². The van der Waals surface area contributed by atoms with Crippen molar-refractivity contribution in [3.05, 3.63) is 0 Å². The number of methoxy groups -OCH3 is 1. The molecule has 0 aliphatic carbocycles. The Balaban J connectivity index is 4.74. The molecule has 5 heteroatoms. The number of carbonyl (C=O) groups excluding carboxylic acids is 2. The van der Waals surface area contributed by atoms with Crippen molar-refractivity contribution in [1.29, 1.82) is 0 Å². The Morgan fingerprint density at radius 2 is 1.79 bits per heavy atom. The molecule has 0 saturated heterocycles. The zero-order valence-corrected chi connectivity index (χ0v) is 12.9. The lowest BCUT2D eigenvalue weighted by Crippen LogP contribution is -2.48. The van der Waals surface area contributed by atoms with E-state index in [1.807, 2.05) is 13.8 Å². The predicted molar refractivity (Wildman–Crippen MR) is 75.4 cm³/mol. The summed E-state index contributed by atoms with van der Waals surface area (Å²) in [6.45, 7) is 10.2. The number of amides is 1. The minimum absolute atomic E-state index is 0.0139. The van der Waals surface area contributed by atoms with Crippen molar-refractivity contribution in [2.75, 3.05) is 13.7 Å². The van der Waals surface area contributed by atoms with Crippen molar-refractivity contribution in [1.82, 2.24) is 5.32 Å². The molecule has 0 saturated carbocycles. The molecule has 0 aromatic rings. The van der Waals surface area contributed by atoms with E-state index < -0.39 is 12.0 Å². The summed E-state index contributed by atoms with van der Waals surface area (Å²) in [5.74, 6) is -0.910. The topological polar surface area (TPSA) is 81.4 Å². The van der Waals surface area contributed by atoms with Crippen LogP contribution >= 0.6 is 0 Å². The van der Waals surface area contributed by atoms with Crippen molar-refractivity contribution >= 4 is 11.9 Å². The van der Waals surface area contributed by atoms with Crippen LogP contribution in [-0.4, -0.2) is 31.6 Å². The second-order valence-electron chi connectivity index (χ2n) is 6.45. The van der Waals surface area contributed by atoms with Crippen LogP contribution in [-0.2, 0) is 14.3 Å². The molecular weight excluding hydrogens is 244 g/mol. The average molecular weight is 272 g/mol. The zero-order valence-electron chi connectivity index (χ0n) is 12.9. The minimum atomic E-state index is -0.619. The van der Waals surface area contributed by atoms with Crippen molar-refractivity contribution in [3.63, 3.8) is 0 Å². The second-order valence-corrected chi connectivity index (χ2v) is 6.45. The van der Waals surface area contributed by atoms with Gasteiger partial charge in [-0.2, -0.15) is 0 Å². The van der Waals surface area contributed by atoms with Crippen LogP contribution in [0.3, 0.4) is 0 Å². The monoisotopic (exact) mass is 272 g/mol. The molecule has 0 bridgehead atoms. The Kier molecular flexibility index (Phi) is 7.05. The smallest absolute Gasteiger partial charge is 0.328 e. The third-order valence-corrected chi connectivity index (χ3v) is 2.93. The van der Waals surface area contributed by atoms with Gasteiger partial charge in [-0.1, -0.05) is 34.6 Å². The van der Waals surface area contributed by atoms with E-state index in [9.17, 15) is 9.59 Å². The molecule has 2 atom stereocenters. The highest BCUT2D eigenvalue weighted by Gasteiger charge is 2.29. The van der Waals surface area contributed by atoms with Gasteiger partial charge in [0.25, 0.3) is 0 Å². The Morgan fingerprint density at radius 1 is 1.26 bits per heavy atom. The van der Waals surface area contributed by atoms with Gasteiger partial charge in [-0.25, -0.2) is 4.79 Å². The largest absolute Gasteiger partial charge is 0.467 e. The fourth-order valence-corrected chi connectivity index (χ4v) is 1.92. The summed E-state index contributed by atoms with van der Waals surface area (Å²) in [4.78, 5) is 23.8. The normalized spacial score (nSPS) is 14.9. The van der Waals surface area contributed by atoms with Crippen molar-refractivity contribution in [2.24, 2.45) is 23.0 Å². The molecule has 0 aliphatic heterocycles. The quantitative estimate of drug-likeness (QED) is 0.714. The number of rotatable bonds is 6. The van der Waals surface area contributed by atoms with Gasteiger partial charge in [0.15, 0.2) is 0 Å². The van der Waals surface area contributed by atoms with Crippen LogP contribution in [0.2, 0.25) is 0 Å². The molecular formula is C14H28N2O3. The molecule has 112 valence electrons. The first kappa shape index (κ1) is 17.9. The molecule has 0 heterocycles. The average Bonchev–Trinajstić information content (AvgIpc) is 2.30. The fourth-order valence-electron chi connectivity index (χ4n) is 1.92. The van der Waals surface area contributed by atoms with E-state index >= 15 is 0 Å². The molecule has 1 amide bonds. The molecule has 0 rings (SSSR count). The van der Waals surface area contributed by atoms with Crippen LogP contribution in [0.15, 0.2) is 0 Å². The van der Waals surface area contributed by atoms with Gasteiger partial charge < -0.3 is 15.8 Å². The molecule has 0 aromatic carbocycles. The maximum Gasteiger partial charge on any atom is 0.328 e. The summed E-state index contributed by atoms with van der Waals surface area (Å²) in [5.41, 5.74) is 5.68. The number of carbonyl (C=O) groups is 2. The van der Waals surface area contributed by atoms with Crippen molar-refractivity contribution < 1.29 is 14.3 Å². The van der Waals surface area contributed by atoms with E-state index in [1.54, 1.807) is 0 Å². The van der Waals surface area contributed by atoms with Crippen LogP contribution in [0.5, 0.6) is 0 Å². The maximum absolute atomic E-state index is 12.2. The summed E-state index contributed by atoms with van der Waals surface area (Å²) in [6, 6.07) is -0.619. The molecule has 0 aromatic heterocycles. The van der Waals surface area contributed by atoms with E-state index in [0.717, 1.165) is 0 Å². The molecule has 5 nitrogen and oxygen atoms in total. The van der Waals surface area contributed by atoms with Gasteiger partial charge in [-0.3, -0.25) is 4.79 Å². The van der Waals surface area contributed by atoms with E-state index in [2.05, 4.69) is 26.1 Å². The van der Waals surface area contributed by atoms with Gasteiger partial charge in [-0.15, -0.1) is 0 Å². The standard InChI is InChI=1S/C14H28N2O3/c1-9(2)11(13(18)19-6)16-12(17)10(8-15)7-14(3,4)5/h9-11H,7-8,15H2,1-6H3,(H,16,17)/t10?,11-/m0/s1. The van der Waals surface area contributed by atoms with E-state index in [-0.39, 0.29) is 29.7 Å². The lowest BCUT2D eigenvalue weighted by molar-refractivity contribution is -0.147. The number of ether oxygens (including phenoxy) is 1. The number of hydrogen-bond acceptors (Lipinski definition) is 4. The van der Waals surface area contributed by atoms with Gasteiger partial charge in [-0.05, 0) is 17.8 Å². The second kappa shape index (κ2) is 7.48. The van der Waals surface area contributed by atoms with E-state index in [0.29, 0.717) is 6.42 Å². The zero-order chi connectivity index (χ0) is 15.2. The molecule has 3 N–H and O–H groups in total. The fraction of sp³-hybridized carbons (Fsp3) is 0.857. The number of esters is 1. The molecule has 0 aliphatic rings. The lowest BCUT2D eigenvalue weighted by atomic mass is 9.84. The van der Waals surface area contributed by atoms with Crippen molar-refractivity contribution in [3.8, 4) is 0 Å². The van der Waals surface area contributed by atoms with Gasteiger partial charge in [0.2, 0.25) is 5.91 Å². The first-order valence-corrected chi connectivity index (χ1v) is 6.70. The van der Waals surface area contributed by atoms with Gasteiger partial charge in [0.05, 0.1) is 13.0 Å². The summed E-state index contributed by atoms with van der Waals surface area (Å²) in [5, 5.41) is 2.75. The van der Waals surface area contributed by atoms with E-state index in [4.69, 9.17) is 10.5 Å². The minimum Gasteiger partial charge on any atom is -0.467 e. The summed E-state index contributed by atoms with van der Waals surface area (Å²) in [6.07, 6.45) is 0.682. The molecule has 1 unspecified atom stereocenters. The summed E-state index contributed by atoms with van der Waals surface area (Å²) in [7, 11) is 1.32. The molecule has 19 heavy (non-hydrogen) atoms. The lowest BCUT2D eigenvalue weighted by Gasteiger charge is -2.27. The predicted octanol–water partition coefficient (Wildman–Crippen LogP) is 1.31. The van der Waals surface area contributed by atoms with Gasteiger partial charge >= 0.3 is 5.97 Å². The first-order valence-electron chi connectivity index (χ1n) is 6.70. The van der Waals surface area contributed by atoms with Gasteiger partial charge in [0.1, 0.15) is 6.04 Å². The SMILES string of the molecule is COC(=O)[C@@H](NC(=O)C(CN)CC(C)(C)C)C(C)C. The molecule has 0 spiro atoms. The highest BCUT2D eigenvalue weighted by Crippen LogP contribution is 2.24. The molecule has 0 fully saturated rings. The molecule has 0 radical (unpaired) electrons. The van der Waals surface area contributed by atoms with Gasteiger partial charge in [0, 0.05) is 6.54 Å². The highest BCUT2D eigenvalue weighted by molar-refractivity contribution is 5.86. The van der Waals surface area contributed by atoms with Crippen LogP contribution in [0.1, 0.15) is 41.0 Å². The Hall–Kier alpha value is -1.10. The van der Waals surface area contributed by atoms with Crippen LogP contribution in [0, 0.1) is 17.3 Å². The number of hydrogen-bond donors (Lipinski definition) is 2. The Bertz CT molecular complexity index is 308. The Morgan fingerprint density at radius 3 is 2.11 bits per heavy atom. The summed E-state index contributed by atoms with van der Waals surface area (Å²) < 4.78 is 4.70.